The van der Waals surface area contributed by atoms with E-state index < -0.39 is 0 Å². The fourth-order valence-corrected chi connectivity index (χ4v) is 3.19. The van der Waals surface area contributed by atoms with Gasteiger partial charge < -0.3 is 14.5 Å². The number of rotatable bonds is 6. The number of hydrogen-bond donors (Lipinski definition) is 0. The average molecular weight is 300 g/mol. The Morgan fingerprint density at radius 2 is 2.00 bits per heavy atom. The quantitative estimate of drug-likeness (QED) is 0.800. The Kier molecular flexibility index (Phi) is 5.67. The Hall–Kier alpha value is -1.74. The molecule has 22 heavy (non-hydrogen) atoms. The predicted molar refractivity (Wildman–Crippen MR) is 94.0 cm³/mol. The molecule has 0 saturated carbocycles. The van der Waals surface area contributed by atoms with Crippen LogP contribution in [0.5, 0.6) is 5.75 Å². The fraction of sp³-hybridized carbons (Fsp3) is 0.474. The zero-order chi connectivity index (χ0) is 16.1. The minimum Gasteiger partial charge on any atom is -0.496 e. The molecule has 3 heteroatoms. The first-order chi connectivity index (χ1) is 10.6. The van der Waals surface area contributed by atoms with Crippen molar-refractivity contribution >= 4 is 5.57 Å². The summed E-state index contributed by atoms with van der Waals surface area (Å²) in [4.78, 5) is 4.71. The van der Waals surface area contributed by atoms with Gasteiger partial charge in [0.05, 0.1) is 7.11 Å². The van der Waals surface area contributed by atoms with Gasteiger partial charge in [-0.3, -0.25) is 0 Å². The smallest absolute Gasteiger partial charge is 0.126 e. The second kappa shape index (κ2) is 7.50. The monoisotopic (exact) mass is 300 g/mol. The maximum atomic E-state index is 5.53. The van der Waals surface area contributed by atoms with Crippen LogP contribution < -0.4 is 4.74 Å². The molecule has 0 bridgehead atoms. The van der Waals surface area contributed by atoms with Crippen LogP contribution in [0.3, 0.4) is 0 Å². The van der Waals surface area contributed by atoms with Gasteiger partial charge in [-0.25, -0.2) is 0 Å². The summed E-state index contributed by atoms with van der Waals surface area (Å²) in [5, 5.41) is 0. The van der Waals surface area contributed by atoms with E-state index in [0.29, 0.717) is 5.92 Å². The molecule has 0 aromatic heterocycles. The Labute approximate surface area is 134 Å². The summed E-state index contributed by atoms with van der Waals surface area (Å²) in [6.45, 7) is 12.7. The standard InChI is InChI=1S/C19H28N2O/c1-6-21(7-2)15(3)16-12-17(14-20(4)13-16)18-10-8-9-11-19(18)22-5/h8-12,16H,3,6-7,13-14H2,1-2,4-5H3/t16-/m0/s1. The van der Waals surface area contributed by atoms with E-state index in [1.807, 2.05) is 12.1 Å². The van der Waals surface area contributed by atoms with E-state index in [1.165, 1.54) is 16.8 Å². The van der Waals surface area contributed by atoms with Crippen molar-refractivity contribution < 1.29 is 4.74 Å². The summed E-state index contributed by atoms with van der Waals surface area (Å²) >= 11 is 0. The number of likely N-dealkylation sites (N-methyl/N-ethyl adjacent to an activating group) is 1. The van der Waals surface area contributed by atoms with Crippen LogP contribution in [0.1, 0.15) is 19.4 Å². The summed E-state index contributed by atoms with van der Waals surface area (Å²) in [6, 6.07) is 8.25. The van der Waals surface area contributed by atoms with Gasteiger partial charge in [-0.1, -0.05) is 30.9 Å². The maximum absolute atomic E-state index is 5.53. The third-order valence-electron chi connectivity index (χ3n) is 4.40. The van der Waals surface area contributed by atoms with E-state index in [4.69, 9.17) is 4.74 Å². The molecule has 0 fully saturated rings. The van der Waals surface area contributed by atoms with Crippen LogP contribution in [0.15, 0.2) is 42.6 Å². The maximum Gasteiger partial charge on any atom is 0.126 e. The number of ether oxygens (including phenoxy) is 1. The molecule has 2 rings (SSSR count). The Bertz CT molecular complexity index is 546. The van der Waals surface area contributed by atoms with Gasteiger partial charge in [0.2, 0.25) is 0 Å². The molecule has 1 aromatic carbocycles. The number of hydrogen-bond acceptors (Lipinski definition) is 3. The van der Waals surface area contributed by atoms with Gasteiger partial charge >= 0.3 is 0 Å². The first-order valence-corrected chi connectivity index (χ1v) is 8.07. The number of nitrogens with zero attached hydrogens (tertiary/aromatic N) is 2. The van der Waals surface area contributed by atoms with Crippen molar-refractivity contribution in [2.75, 3.05) is 40.3 Å². The average Bonchev–Trinajstić information content (AvgIpc) is 2.55. The van der Waals surface area contributed by atoms with Gasteiger partial charge in [0, 0.05) is 43.4 Å². The molecule has 0 aliphatic carbocycles. The minimum absolute atomic E-state index is 0.360. The van der Waals surface area contributed by atoms with Crippen molar-refractivity contribution in [1.82, 2.24) is 9.80 Å². The van der Waals surface area contributed by atoms with Gasteiger partial charge in [0.15, 0.2) is 0 Å². The van der Waals surface area contributed by atoms with Crippen molar-refractivity contribution in [3.8, 4) is 5.75 Å². The lowest BCUT2D eigenvalue weighted by atomic mass is 9.92. The van der Waals surface area contributed by atoms with Crippen molar-refractivity contribution in [3.63, 3.8) is 0 Å². The number of para-hydroxylation sites is 1. The third kappa shape index (κ3) is 3.53. The Morgan fingerprint density at radius 1 is 1.32 bits per heavy atom. The molecule has 0 N–H and O–H groups in total. The van der Waals surface area contributed by atoms with Gasteiger partial charge in [-0.05, 0) is 32.5 Å². The second-order valence-electron chi connectivity index (χ2n) is 5.86. The lowest BCUT2D eigenvalue weighted by Crippen LogP contribution is -2.36. The summed E-state index contributed by atoms with van der Waals surface area (Å²) in [6.07, 6.45) is 2.37. The van der Waals surface area contributed by atoms with Crippen LogP contribution in [0.25, 0.3) is 5.57 Å². The third-order valence-corrected chi connectivity index (χ3v) is 4.40. The molecule has 0 radical (unpaired) electrons. The van der Waals surface area contributed by atoms with Crippen LogP contribution in [-0.2, 0) is 0 Å². The van der Waals surface area contributed by atoms with Gasteiger partial charge in [0.1, 0.15) is 5.75 Å². The summed E-state index contributed by atoms with van der Waals surface area (Å²) < 4.78 is 5.53. The van der Waals surface area contributed by atoms with Crippen molar-refractivity contribution in [2.24, 2.45) is 5.92 Å². The highest BCUT2D eigenvalue weighted by atomic mass is 16.5. The van der Waals surface area contributed by atoms with Crippen LogP contribution in [-0.4, -0.2) is 50.1 Å². The molecule has 120 valence electrons. The van der Waals surface area contributed by atoms with Gasteiger partial charge in [-0.2, -0.15) is 0 Å². The van der Waals surface area contributed by atoms with E-state index in [9.17, 15) is 0 Å². The largest absolute Gasteiger partial charge is 0.496 e. The molecule has 1 heterocycles. The molecule has 1 aliphatic rings. The number of methoxy groups -OCH3 is 1. The highest BCUT2D eigenvalue weighted by Gasteiger charge is 2.23. The highest BCUT2D eigenvalue weighted by molar-refractivity contribution is 5.73. The van der Waals surface area contributed by atoms with Crippen LogP contribution in [0.4, 0.5) is 0 Å². The molecular weight excluding hydrogens is 272 g/mol. The van der Waals surface area contributed by atoms with E-state index in [2.05, 4.69) is 55.5 Å². The van der Waals surface area contributed by atoms with Crippen LogP contribution >= 0.6 is 0 Å². The molecule has 1 aliphatic heterocycles. The van der Waals surface area contributed by atoms with E-state index in [-0.39, 0.29) is 0 Å². The van der Waals surface area contributed by atoms with Crippen molar-refractivity contribution in [1.29, 1.82) is 0 Å². The molecule has 0 unspecified atom stereocenters. The normalized spacial score (nSPS) is 18.7. The minimum atomic E-state index is 0.360. The van der Waals surface area contributed by atoms with Gasteiger partial charge in [0.25, 0.3) is 0 Å². The second-order valence-corrected chi connectivity index (χ2v) is 5.86. The van der Waals surface area contributed by atoms with E-state index in [0.717, 1.165) is 31.9 Å². The molecule has 0 amide bonds. The molecule has 3 nitrogen and oxygen atoms in total. The number of benzene rings is 1. The summed E-state index contributed by atoms with van der Waals surface area (Å²) in [7, 11) is 3.91. The Balaban J connectivity index is 2.33. The van der Waals surface area contributed by atoms with Crippen LogP contribution in [0, 0.1) is 5.92 Å². The summed E-state index contributed by atoms with van der Waals surface area (Å²) in [5.74, 6) is 1.30. The predicted octanol–water partition coefficient (Wildman–Crippen LogP) is 3.50. The lowest BCUT2D eigenvalue weighted by Gasteiger charge is -2.35. The SMILES string of the molecule is C=C([C@H]1C=C(c2ccccc2OC)CN(C)C1)N(CC)CC. The molecule has 1 atom stereocenters. The van der Waals surface area contributed by atoms with Crippen LogP contribution in [0.2, 0.25) is 0 Å². The summed E-state index contributed by atoms with van der Waals surface area (Å²) in [5.41, 5.74) is 3.72. The first-order valence-electron chi connectivity index (χ1n) is 8.07. The molecular formula is C19H28N2O. The Morgan fingerprint density at radius 3 is 2.64 bits per heavy atom. The fourth-order valence-electron chi connectivity index (χ4n) is 3.19. The molecule has 0 saturated heterocycles. The first kappa shape index (κ1) is 16.6. The topological polar surface area (TPSA) is 15.7 Å². The lowest BCUT2D eigenvalue weighted by molar-refractivity contribution is 0.284. The molecule has 0 spiro atoms. The zero-order valence-corrected chi connectivity index (χ0v) is 14.3. The van der Waals surface area contributed by atoms with Crippen molar-refractivity contribution in [3.05, 3.63) is 48.2 Å². The van der Waals surface area contributed by atoms with Gasteiger partial charge in [-0.15, -0.1) is 0 Å². The molecule has 1 aromatic rings. The van der Waals surface area contributed by atoms with E-state index >= 15 is 0 Å². The zero-order valence-electron chi connectivity index (χ0n) is 14.3. The highest BCUT2D eigenvalue weighted by Crippen LogP contribution is 2.32. The van der Waals surface area contributed by atoms with Crippen molar-refractivity contribution in [2.45, 2.75) is 13.8 Å². The van der Waals surface area contributed by atoms with E-state index in [1.54, 1.807) is 7.11 Å².